The Balaban J connectivity index is 1.24. The molecule has 0 spiro atoms. The predicted octanol–water partition coefficient (Wildman–Crippen LogP) is 4.65. The summed E-state index contributed by atoms with van der Waals surface area (Å²) >= 11 is 3.24. The van der Waals surface area contributed by atoms with Crippen LogP contribution in [0.3, 0.4) is 0 Å². The van der Waals surface area contributed by atoms with Crippen LogP contribution in [0.1, 0.15) is 22.7 Å². The molecular formula is C22H20N4O2S2. The van der Waals surface area contributed by atoms with E-state index in [1.54, 1.807) is 23.1 Å². The Hall–Kier alpha value is -2.97. The molecule has 0 aliphatic heterocycles. The van der Waals surface area contributed by atoms with E-state index in [1.165, 1.54) is 11.1 Å². The molecule has 0 saturated heterocycles. The van der Waals surface area contributed by atoms with Crippen LogP contribution in [0.4, 0.5) is 0 Å². The maximum atomic E-state index is 12.2. The van der Waals surface area contributed by atoms with E-state index in [4.69, 9.17) is 4.52 Å². The van der Waals surface area contributed by atoms with Crippen LogP contribution in [0.5, 0.6) is 0 Å². The zero-order valence-electron chi connectivity index (χ0n) is 16.4. The van der Waals surface area contributed by atoms with E-state index in [0.29, 0.717) is 11.7 Å². The summed E-state index contributed by atoms with van der Waals surface area (Å²) in [6.07, 6.45) is 0.223. The van der Waals surface area contributed by atoms with E-state index in [1.807, 2.05) is 35.7 Å². The molecule has 6 nitrogen and oxygen atoms in total. The number of aromatic nitrogens is 3. The highest BCUT2D eigenvalue weighted by Crippen LogP contribution is 2.26. The average Bonchev–Trinajstić information content (AvgIpc) is 3.42. The lowest BCUT2D eigenvalue weighted by molar-refractivity contribution is -0.120. The number of amides is 1. The molecule has 0 aliphatic carbocycles. The van der Waals surface area contributed by atoms with Crippen molar-refractivity contribution in [2.24, 2.45) is 0 Å². The van der Waals surface area contributed by atoms with Gasteiger partial charge in [0.05, 0.1) is 18.7 Å². The molecule has 0 fully saturated rings. The van der Waals surface area contributed by atoms with Crippen LogP contribution in [0.25, 0.3) is 11.4 Å². The number of rotatable bonds is 8. The number of benzene rings is 2. The minimum Gasteiger partial charge on any atom is -0.347 e. The summed E-state index contributed by atoms with van der Waals surface area (Å²) in [5.74, 6) is 1.61. The van der Waals surface area contributed by atoms with Gasteiger partial charge in [-0.25, -0.2) is 4.98 Å². The summed E-state index contributed by atoms with van der Waals surface area (Å²) < 4.78 is 6.17. The average molecular weight is 437 g/mol. The van der Waals surface area contributed by atoms with Gasteiger partial charge in [0, 0.05) is 16.7 Å². The first-order valence-corrected chi connectivity index (χ1v) is 11.3. The fourth-order valence-electron chi connectivity index (χ4n) is 2.70. The zero-order valence-corrected chi connectivity index (χ0v) is 18.0. The van der Waals surface area contributed by atoms with Crippen LogP contribution < -0.4 is 5.32 Å². The Labute approximate surface area is 182 Å². The molecule has 0 aliphatic rings. The number of aryl methyl sites for hydroxylation is 1. The molecule has 0 saturated carbocycles. The van der Waals surface area contributed by atoms with E-state index < -0.39 is 0 Å². The normalized spacial score (nSPS) is 10.8. The third-order valence-electron chi connectivity index (χ3n) is 4.29. The molecule has 0 radical (unpaired) electrons. The van der Waals surface area contributed by atoms with Gasteiger partial charge in [-0.3, -0.25) is 4.79 Å². The largest absolute Gasteiger partial charge is 0.347 e. The maximum absolute atomic E-state index is 12.2. The summed E-state index contributed by atoms with van der Waals surface area (Å²) in [5.41, 5.74) is 4.15. The number of hydrogen-bond acceptors (Lipinski definition) is 7. The molecule has 0 atom stereocenters. The molecule has 1 N–H and O–H groups in total. The summed E-state index contributed by atoms with van der Waals surface area (Å²) in [7, 11) is 0. The lowest BCUT2D eigenvalue weighted by Gasteiger charge is -2.00. The lowest BCUT2D eigenvalue weighted by atomic mass is 10.2. The van der Waals surface area contributed by atoms with Crippen LogP contribution >= 0.6 is 23.1 Å². The minimum absolute atomic E-state index is 0.130. The Morgan fingerprint density at radius 3 is 2.70 bits per heavy atom. The van der Waals surface area contributed by atoms with Gasteiger partial charge in [-0.15, -0.1) is 11.3 Å². The van der Waals surface area contributed by atoms with E-state index in [2.05, 4.69) is 51.6 Å². The van der Waals surface area contributed by atoms with Gasteiger partial charge >= 0.3 is 0 Å². The zero-order chi connectivity index (χ0) is 20.8. The van der Waals surface area contributed by atoms with Crippen LogP contribution in [0.15, 0.2) is 68.8 Å². The number of carbonyl (C=O) groups is 1. The maximum Gasteiger partial charge on any atom is 0.246 e. The van der Waals surface area contributed by atoms with Crippen molar-refractivity contribution in [1.82, 2.24) is 20.4 Å². The summed E-state index contributed by atoms with van der Waals surface area (Å²) in [6, 6.07) is 18.0. The first-order chi connectivity index (χ1) is 14.7. The lowest BCUT2D eigenvalue weighted by Crippen LogP contribution is -2.24. The number of thioether (sulfide) groups is 1. The molecule has 0 unspecified atom stereocenters. The van der Waals surface area contributed by atoms with Crippen LogP contribution in [-0.2, 0) is 23.5 Å². The molecule has 2 heterocycles. The van der Waals surface area contributed by atoms with Gasteiger partial charge in [0.15, 0.2) is 0 Å². The van der Waals surface area contributed by atoms with Crippen molar-refractivity contribution in [2.75, 3.05) is 0 Å². The standard InChI is InChI=1S/C22H20N4O2S2/c1-15-7-9-16(10-8-15)13-29-22-24-18(14-30-22)11-19(27)23-12-20-25-21(26-28-20)17-5-3-2-4-6-17/h2-10,14H,11-13H2,1H3,(H,23,27). The molecule has 152 valence electrons. The SMILES string of the molecule is Cc1ccc(CSc2nc(CC(=O)NCc3nc(-c4ccccc4)no3)cs2)cc1. The Morgan fingerprint density at radius 1 is 1.10 bits per heavy atom. The monoisotopic (exact) mass is 436 g/mol. The first-order valence-electron chi connectivity index (χ1n) is 9.43. The molecule has 4 aromatic rings. The van der Waals surface area contributed by atoms with Crippen molar-refractivity contribution in [2.45, 2.75) is 30.0 Å². The number of carbonyl (C=O) groups excluding carboxylic acids is 1. The van der Waals surface area contributed by atoms with Crippen molar-refractivity contribution >= 4 is 29.0 Å². The highest BCUT2D eigenvalue weighted by Gasteiger charge is 2.12. The van der Waals surface area contributed by atoms with Crippen molar-refractivity contribution in [3.8, 4) is 11.4 Å². The molecule has 4 rings (SSSR count). The molecule has 8 heteroatoms. The molecule has 2 aromatic heterocycles. The molecule has 0 bridgehead atoms. The Kier molecular flexibility index (Phi) is 6.56. The van der Waals surface area contributed by atoms with Gasteiger partial charge in [0.2, 0.25) is 17.6 Å². The highest BCUT2D eigenvalue weighted by atomic mass is 32.2. The quantitative estimate of drug-likeness (QED) is 0.405. The molecule has 1 amide bonds. The number of thiazole rings is 1. The second kappa shape index (κ2) is 9.69. The van der Waals surface area contributed by atoms with E-state index in [0.717, 1.165) is 21.3 Å². The number of hydrogen-bond donors (Lipinski definition) is 1. The molecular weight excluding hydrogens is 416 g/mol. The van der Waals surface area contributed by atoms with E-state index >= 15 is 0 Å². The Bertz CT molecular complexity index is 1110. The highest BCUT2D eigenvalue weighted by molar-refractivity contribution is 8.00. The fraction of sp³-hybridized carbons (Fsp3) is 0.182. The van der Waals surface area contributed by atoms with Crippen LogP contribution in [-0.4, -0.2) is 21.0 Å². The topological polar surface area (TPSA) is 80.9 Å². The van der Waals surface area contributed by atoms with Crippen LogP contribution in [0, 0.1) is 6.92 Å². The van der Waals surface area contributed by atoms with Gasteiger partial charge in [-0.1, -0.05) is 77.1 Å². The van der Waals surface area contributed by atoms with Gasteiger partial charge in [-0.2, -0.15) is 4.98 Å². The van der Waals surface area contributed by atoms with Crippen molar-refractivity contribution in [3.05, 3.63) is 82.7 Å². The third kappa shape index (κ3) is 5.55. The fourth-order valence-corrected chi connectivity index (χ4v) is 4.50. The molecule has 30 heavy (non-hydrogen) atoms. The number of nitrogens with zero attached hydrogens (tertiary/aromatic N) is 3. The minimum atomic E-state index is -0.130. The predicted molar refractivity (Wildman–Crippen MR) is 118 cm³/mol. The second-order valence-corrected chi connectivity index (χ2v) is 8.79. The summed E-state index contributed by atoms with van der Waals surface area (Å²) in [5, 5.41) is 8.69. The van der Waals surface area contributed by atoms with E-state index in [-0.39, 0.29) is 18.9 Å². The van der Waals surface area contributed by atoms with Crippen molar-refractivity contribution < 1.29 is 9.32 Å². The van der Waals surface area contributed by atoms with Gasteiger partial charge in [-0.05, 0) is 12.5 Å². The van der Waals surface area contributed by atoms with Crippen molar-refractivity contribution in [1.29, 1.82) is 0 Å². The first kappa shape index (κ1) is 20.3. The third-order valence-corrected chi connectivity index (χ3v) is 6.43. The molecule has 2 aromatic carbocycles. The number of nitrogens with one attached hydrogen (secondary N) is 1. The smallest absolute Gasteiger partial charge is 0.246 e. The van der Waals surface area contributed by atoms with Gasteiger partial charge < -0.3 is 9.84 Å². The van der Waals surface area contributed by atoms with Gasteiger partial charge in [0.25, 0.3) is 0 Å². The van der Waals surface area contributed by atoms with E-state index in [9.17, 15) is 4.79 Å². The second-order valence-electron chi connectivity index (χ2n) is 6.71. The summed E-state index contributed by atoms with van der Waals surface area (Å²) in [6.45, 7) is 2.27. The van der Waals surface area contributed by atoms with Crippen LogP contribution in [0.2, 0.25) is 0 Å². The van der Waals surface area contributed by atoms with Gasteiger partial charge in [0.1, 0.15) is 4.34 Å². The summed E-state index contributed by atoms with van der Waals surface area (Å²) in [4.78, 5) is 21.1. The Morgan fingerprint density at radius 2 is 1.90 bits per heavy atom. The van der Waals surface area contributed by atoms with Crippen molar-refractivity contribution in [3.63, 3.8) is 0 Å².